The molecule has 0 radical (unpaired) electrons. The summed E-state index contributed by atoms with van der Waals surface area (Å²) in [6, 6.07) is 16.4. The maximum absolute atomic E-state index is 13.3. The van der Waals surface area contributed by atoms with Crippen LogP contribution in [-0.4, -0.2) is 17.7 Å². The lowest BCUT2D eigenvalue weighted by Gasteiger charge is -2.26. The molecular formula is C24H20O5. The summed E-state index contributed by atoms with van der Waals surface area (Å²) in [4.78, 5) is 36.8. The molecule has 0 N–H and O–H groups in total. The Labute approximate surface area is 168 Å². The van der Waals surface area contributed by atoms with Gasteiger partial charge in [-0.2, -0.15) is 0 Å². The molecule has 0 aromatic heterocycles. The van der Waals surface area contributed by atoms with Crippen molar-refractivity contribution in [1.82, 2.24) is 0 Å². The number of hydrogen-bond acceptors (Lipinski definition) is 5. The molecule has 0 bridgehead atoms. The van der Waals surface area contributed by atoms with Crippen molar-refractivity contribution in [2.24, 2.45) is 0 Å². The van der Waals surface area contributed by atoms with Gasteiger partial charge in [0.05, 0.1) is 5.92 Å². The first kappa shape index (κ1) is 18.9. The van der Waals surface area contributed by atoms with Gasteiger partial charge in [-0.25, -0.2) is 0 Å². The highest BCUT2D eigenvalue weighted by molar-refractivity contribution is 6.06. The van der Waals surface area contributed by atoms with E-state index in [9.17, 15) is 14.4 Å². The summed E-state index contributed by atoms with van der Waals surface area (Å²) in [5, 5.41) is 1.27. The van der Waals surface area contributed by atoms with Crippen LogP contribution in [0.15, 0.2) is 54.6 Å². The van der Waals surface area contributed by atoms with Crippen LogP contribution in [0.25, 0.3) is 10.8 Å². The van der Waals surface area contributed by atoms with Gasteiger partial charge >= 0.3 is 11.9 Å². The summed E-state index contributed by atoms with van der Waals surface area (Å²) in [5.41, 5.74) is 2.26. The molecule has 1 atom stereocenters. The minimum absolute atomic E-state index is 0.0238. The van der Waals surface area contributed by atoms with Crippen molar-refractivity contribution < 1.29 is 23.9 Å². The smallest absolute Gasteiger partial charge is 0.308 e. The summed E-state index contributed by atoms with van der Waals surface area (Å²) < 4.78 is 11.0. The van der Waals surface area contributed by atoms with Crippen molar-refractivity contribution in [2.45, 2.75) is 32.6 Å². The Morgan fingerprint density at radius 3 is 2.28 bits per heavy atom. The predicted octanol–water partition coefficient (Wildman–Crippen LogP) is 4.60. The van der Waals surface area contributed by atoms with E-state index < -0.39 is 17.9 Å². The second-order valence-electron chi connectivity index (χ2n) is 7.14. The van der Waals surface area contributed by atoms with Crippen molar-refractivity contribution in [1.29, 1.82) is 0 Å². The highest BCUT2D eigenvalue weighted by Gasteiger charge is 2.32. The largest absolute Gasteiger partial charge is 0.426 e. The average Bonchev–Trinajstić information content (AvgIpc) is 2.70. The van der Waals surface area contributed by atoms with Crippen LogP contribution >= 0.6 is 0 Å². The van der Waals surface area contributed by atoms with E-state index >= 15 is 0 Å². The van der Waals surface area contributed by atoms with Gasteiger partial charge < -0.3 is 9.47 Å². The number of ketones is 1. The van der Waals surface area contributed by atoms with Crippen molar-refractivity contribution in [3.8, 4) is 11.5 Å². The van der Waals surface area contributed by atoms with Crippen LogP contribution in [0.3, 0.4) is 0 Å². The van der Waals surface area contributed by atoms with Gasteiger partial charge in [-0.3, -0.25) is 14.4 Å². The van der Waals surface area contributed by atoms with Gasteiger partial charge in [0.2, 0.25) is 0 Å². The van der Waals surface area contributed by atoms with Crippen LogP contribution in [-0.2, 0) is 16.0 Å². The molecule has 4 rings (SSSR count). The molecule has 5 nitrogen and oxygen atoms in total. The predicted molar refractivity (Wildman–Crippen MR) is 108 cm³/mol. The molecule has 146 valence electrons. The molecule has 0 spiro atoms. The maximum atomic E-state index is 13.3. The van der Waals surface area contributed by atoms with Gasteiger partial charge in [-0.05, 0) is 24.5 Å². The molecule has 0 saturated carbocycles. The zero-order valence-electron chi connectivity index (χ0n) is 16.2. The number of hydrogen-bond donors (Lipinski definition) is 0. The number of fused-ring (bicyclic) bond motifs is 2. The Morgan fingerprint density at radius 2 is 1.55 bits per heavy atom. The fourth-order valence-electron chi connectivity index (χ4n) is 3.99. The first-order valence-corrected chi connectivity index (χ1v) is 9.50. The molecule has 29 heavy (non-hydrogen) atoms. The minimum Gasteiger partial charge on any atom is -0.426 e. The Hall–Kier alpha value is -3.47. The van der Waals surface area contributed by atoms with E-state index in [4.69, 9.17) is 9.47 Å². The van der Waals surface area contributed by atoms with Crippen LogP contribution in [0.4, 0.5) is 0 Å². The zero-order chi connectivity index (χ0) is 20.5. The van der Waals surface area contributed by atoms with Gasteiger partial charge in [-0.15, -0.1) is 0 Å². The quantitative estimate of drug-likeness (QED) is 0.484. The molecule has 0 fully saturated rings. The highest BCUT2D eigenvalue weighted by Crippen LogP contribution is 2.44. The second kappa shape index (κ2) is 7.51. The number of esters is 2. The molecule has 1 aliphatic carbocycles. The lowest BCUT2D eigenvalue weighted by Crippen LogP contribution is -2.22. The number of carbonyl (C=O) groups excluding carboxylic acids is 3. The zero-order valence-corrected chi connectivity index (χ0v) is 16.2. The molecule has 0 amide bonds. The van der Waals surface area contributed by atoms with Crippen molar-refractivity contribution in [3.63, 3.8) is 0 Å². The number of aryl methyl sites for hydroxylation is 1. The molecule has 1 unspecified atom stereocenters. The summed E-state index contributed by atoms with van der Waals surface area (Å²) in [6.07, 6.45) is 1.32. The first-order valence-electron chi connectivity index (χ1n) is 9.50. The highest BCUT2D eigenvalue weighted by atomic mass is 16.5. The summed E-state index contributed by atoms with van der Waals surface area (Å²) in [5.74, 6) is -0.739. The van der Waals surface area contributed by atoms with Crippen molar-refractivity contribution in [3.05, 3.63) is 71.3 Å². The lowest BCUT2D eigenvalue weighted by atomic mass is 9.78. The monoisotopic (exact) mass is 388 g/mol. The van der Waals surface area contributed by atoms with Crippen molar-refractivity contribution in [2.75, 3.05) is 0 Å². The van der Waals surface area contributed by atoms with E-state index in [1.165, 1.54) is 13.8 Å². The third-order valence-electron chi connectivity index (χ3n) is 5.16. The molecule has 3 aromatic rings. The fourth-order valence-corrected chi connectivity index (χ4v) is 3.99. The van der Waals surface area contributed by atoms with E-state index in [2.05, 4.69) is 0 Å². The number of ether oxygens (including phenoxy) is 2. The van der Waals surface area contributed by atoms with E-state index in [0.717, 1.165) is 12.0 Å². The van der Waals surface area contributed by atoms with Crippen LogP contribution in [0.5, 0.6) is 11.5 Å². The summed E-state index contributed by atoms with van der Waals surface area (Å²) in [6.45, 7) is 2.66. The average molecular weight is 388 g/mol. The number of benzene rings is 3. The molecule has 0 aliphatic heterocycles. The van der Waals surface area contributed by atoms with Gasteiger partial charge in [0.25, 0.3) is 0 Å². The van der Waals surface area contributed by atoms with Gasteiger partial charge in [0.1, 0.15) is 11.5 Å². The second-order valence-corrected chi connectivity index (χ2v) is 7.14. The van der Waals surface area contributed by atoms with Gasteiger partial charge in [-0.1, -0.05) is 48.5 Å². The molecule has 5 heteroatoms. The van der Waals surface area contributed by atoms with E-state index in [1.54, 1.807) is 18.2 Å². The maximum Gasteiger partial charge on any atom is 0.308 e. The van der Waals surface area contributed by atoms with E-state index in [0.29, 0.717) is 39.8 Å². The Kier molecular flexibility index (Phi) is 4.89. The topological polar surface area (TPSA) is 69.7 Å². The fraction of sp³-hybridized carbons (Fsp3) is 0.208. The number of rotatable bonds is 3. The molecule has 1 aliphatic rings. The number of Topliss-reactive ketones (excluding diaryl/α,β-unsaturated/α-hetero) is 1. The third kappa shape index (κ3) is 3.51. The van der Waals surface area contributed by atoms with Gasteiger partial charge in [0.15, 0.2) is 5.78 Å². The third-order valence-corrected chi connectivity index (χ3v) is 5.16. The first-order chi connectivity index (χ1) is 14.0. The summed E-state index contributed by atoms with van der Waals surface area (Å²) >= 11 is 0. The summed E-state index contributed by atoms with van der Waals surface area (Å²) in [7, 11) is 0. The van der Waals surface area contributed by atoms with Crippen LogP contribution in [0.2, 0.25) is 0 Å². The lowest BCUT2D eigenvalue weighted by molar-refractivity contribution is -0.133. The van der Waals surface area contributed by atoms with Gasteiger partial charge in [0, 0.05) is 35.7 Å². The van der Waals surface area contributed by atoms with Crippen LogP contribution in [0, 0.1) is 0 Å². The molecule has 3 aromatic carbocycles. The molecule has 0 heterocycles. The Bertz CT molecular complexity index is 1150. The van der Waals surface area contributed by atoms with E-state index in [1.807, 2.05) is 36.4 Å². The standard InChI is InChI=1S/C24H20O5/c1-14(25)28-22-13-21(19-12-11-16-7-3-4-8-17(16)23(19)27)24(29-15(2)26)20-10-6-5-9-18(20)22/h3-10,13,19H,11-12H2,1-2H3. The Balaban J connectivity index is 1.94. The SMILES string of the molecule is CC(=O)Oc1cc(C2CCc3ccccc3C2=O)c(OC(C)=O)c2ccccc12. The van der Waals surface area contributed by atoms with Crippen LogP contribution < -0.4 is 9.47 Å². The van der Waals surface area contributed by atoms with E-state index in [-0.39, 0.29) is 5.78 Å². The number of carbonyl (C=O) groups is 3. The minimum atomic E-state index is -0.488. The van der Waals surface area contributed by atoms with Crippen molar-refractivity contribution >= 4 is 28.5 Å². The normalized spacial score (nSPS) is 15.7. The molecule has 0 saturated heterocycles. The molecular weight excluding hydrogens is 368 g/mol. The van der Waals surface area contributed by atoms with Crippen LogP contribution in [0.1, 0.15) is 47.7 Å². The Morgan fingerprint density at radius 1 is 0.897 bits per heavy atom.